The van der Waals surface area contributed by atoms with Crippen molar-refractivity contribution >= 4 is 46.8 Å². The average Bonchev–Trinajstić information content (AvgIpc) is 3.44. The summed E-state index contributed by atoms with van der Waals surface area (Å²) in [5.74, 6) is 0.387. The lowest BCUT2D eigenvalue weighted by molar-refractivity contribution is -0.127. The average molecular weight is 647 g/mol. The van der Waals surface area contributed by atoms with Gasteiger partial charge in [-0.3, -0.25) is 14.5 Å². The maximum absolute atomic E-state index is 14.3. The number of rotatable bonds is 9. The van der Waals surface area contributed by atoms with E-state index in [1.807, 2.05) is 30.5 Å². The lowest BCUT2D eigenvalue weighted by Gasteiger charge is -2.35. The molecule has 12 heteroatoms. The van der Waals surface area contributed by atoms with E-state index in [4.69, 9.17) is 11.5 Å². The van der Waals surface area contributed by atoms with Crippen molar-refractivity contribution in [3.63, 3.8) is 0 Å². The smallest absolute Gasteiger partial charge is 0.323 e. The number of carbonyl (C=O) groups excluding carboxylic acids is 2. The second-order valence-corrected chi connectivity index (χ2v) is 12.5. The van der Waals surface area contributed by atoms with Crippen LogP contribution in [0, 0.1) is 11.8 Å². The molecule has 2 aromatic heterocycles. The highest BCUT2D eigenvalue weighted by Crippen LogP contribution is 2.33. The van der Waals surface area contributed by atoms with Crippen molar-refractivity contribution in [3.8, 4) is 11.1 Å². The summed E-state index contributed by atoms with van der Waals surface area (Å²) in [4.78, 5) is 55.8. The number of nitrogens with two attached hydrogens (primary N) is 2. The van der Waals surface area contributed by atoms with E-state index in [0.717, 1.165) is 61.5 Å². The van der Waals surface area contributed by atoms with E-state index >= 15 is 0 Å². The van der Waals surface area contributed by atoms with Crippen LogP contribution in [0.3, 0.4) is 0 Å². The number of benzene rings is 2. The van der Waals surface area contributed by atoms with E-state index in [9.17, 15) is 14.4 Å². The number of piperazine rings is 1. The van der Waals surface area contributed by atoms with Crippen LogP contribution < -0.4 is 27.0 Å². The summed E-state index contributed by atoms with van der Waals surface area (Å²) >= 11 is 0. The van der Waals surface area contributed by atoms with Gasteiger partial charge >= 0.3 is 5.69 Å². The van der Waals surface area contributed by atoms with Crippen molar-refractivity contribution in [3.05, 3.63) is 76.8 Å². The molecule has 1 saturated heterocycles. The van der Waals surface area contributed by atoms with Crippen molar-refractivity contribution in [2.24, 2.45) is 23.3 Å². The number of primary amides is 1. The van der Waals surface area contributed by atoms with Crippen LogP contribution in [0.5, 0.6) is 0 Å². The Morgan fingerprint density at radius 2 is 1.67 bits per heavy atom. The number of amides is 2. The molecule has 2 fully saturated rings. The molecule has 1 saturated carbocycles. The number of nitrogens with zero attached hydrogens (tertiary/aromatic N) is 4. The third-order valence-electron chi connectivity index (χ3n) is 9.45. The minimum atomic E-state index is -0.929. The molecule has 46 heavy (non-hydrogen) atoms. The molecule has 2 aromatic carbocycles. The molecule has 0 radical (unpaired) electrons. The van der Waals surface area contributed by atoms with Crippen LogP contribution in [0.2, 0.25) is 0 Å². The number of likely N-dealkylation sites (N-methyl/N-ethyl adjacent to an activating group) is 1. The van der Waals surface area contributed by atoms with Gasteiger partial charge in [0.2, 0.25) is 11.8 Å². The molecule has 11 nitrogen and oxygen atoms in total. The number of imidazole rings is 1. The first-order valence-electron chi connectivity index (χ1n) is 15.8. The zero-order valence-electron chi connectivity index (χ0n) is 26.2. The first kappa shape index (κ1) is 33.2. The van der Waals surface area contributed by atoms with Crippen molar-refractivity contribution < 1.29 is 9.59 Å². The molecular weight excluding hydrogens is 604 g/mol. The standard InChI is InChI=1S/C34H42N8O3.ClH/c1-40-13-15-41(16-14-40)31-19-26(11-12-37-31)25-4-2-3-23(17-25)18-30(32(36)43)42(33(44)24-7-5-22(21-35)6-8-24)27-9-10-28-29(20-27)39-34(45)38-28;/h2-4,9-12,17,19-20,22,24,30H,5-8,13-16,18,21,35H2,1H3,(H2,36,43)(H2,38,39,45);1H/t22-,24-,30-;/m0./s1. The predicted octanol–water partition coefficient (Wildman–Crippen LogP) is 3.29. The molecule has 1 aliphatic heterocycles. The fourth-order valence-electron chi connectivity index (χ4n) is 6.70. The van der Waals surface area contributed by atoms with E-state index in [1.54, 1.807) is 23.1 Å². The second-order valence-electron chi connectivity index (χ2n) is 12.5. The van der Waals surface area contributed by atoms with Gasteiger partial charge in [-0.25, -0.2) is 9.78 Å². The lowest BCUT2D eigenvalue weighted by atomic mass is 9.81. The highest BCUT2D eigenvalue weighted by atomic mass is 35.5. The minimum absolute atomic E-state index is 0. The zero-order valence-corrected chi connectivity index (χ0v) is 27.0. The molecule has 244 valence electrons. The van der Waals surface area contributed by atoms with Crippen LogP contribution in [0.15, 0.2) is 65.6 Å². The van der Waals surface area contributed by atoms with Gasteiger partial charge in [0.15, 0.2) is 0 Å². The molecule has 0 unspecified atom stereocenters. The Morgan fingerprint density at radius 3 is 2.39 bits per heavy atom. The molecule has 0 spiro atoms. The van der Waals surface area contributed by atoms with E-state index in [1.165, 1.54) is 0 Å². The number of hydrogen-bond donors (Lipinski definition) is 4. The molecule has 4 aromatic rings. The van der Waals surface area contributed by atoms with Crippen molar-refractivity contribution in [1.82, 2.24) is 19.9 Å². The Balaban J connectivity index is 0.00000417. The Morgan fingerprint density at radius 1 is 0.957 bits per heavy atom. The topological polar surface area (TPSA) is 157 Å². The second kappa shape index (κ2) is 14.5. The third-order valence-corrected chi connectivity index (χ3v) is 9.45. The van der Waals surface area contributed by atoms with Gasteiger partial charge in [0.1, 0.15) is 11.9 Å². The van der Waals surface area contributed by atoms with Gasteiger partial charge in [0.25, 0.3) is 0 Å². The summed E-state index contributed by atoms with van der Waals surface area (Å²) in [7, 11) is 2.13. The summed E-state index contributed by atoms with van der Waals surface area (Å²) in [5.41, 5.74) is 16.3. The van der Waals surface area contributed by atoms with Gasteiger partial charge in [-0.1, -0.05) is 24.3 Å². The largest absolute Gasteiger partial charge is 0.368 e. The Kier molecular flexibility index (Phi) is 10.5. The maximum atomic E-state index is 14.3. The number of pyridine rings is 1. The number of anilines is 2. The minimum Gasteiger partial charge on any atom is -0.368 e. The summed E-state index contributed by atoms with van der Waals surface area (Å²) in [6.45, 7) is 4.44. The number of hydrogen-bond acceptors (Lipinski definition) is 7. The molecule has 1 aliphatic carbocycles. The van der Waals surface area contributed by atoms with Gasteiger partial charge in [0, 0.05) is 50.4 Å². The highest BCUT2D eigenvalue weighted by molar-refractivity contribution is 6.02. The number of H-pyrrole nitrogens is 2. The quantitative estimate of drug-likeness (QED) is 0.217. The molecule has 0 bridgehead atoms. The van der Waals surface area contributed by atoms with Crippen LogP contribution in [0.4, 0.5) is 11.5 Å². The fraction of sp³-hybridized carbons (Fsp3) is 0.412. The van der Waals surface area contributed by atoms with E-state index in [0.29, 0.717) is 42.0 Å². The number of halogens is 1. The number of carbonyl (C=O) groups is 2. The van der Waals surface area contributed by atoms with Crippen LogP contribution in [-0.2, 0) is 16.0 Å². The van der Waals surface area contributed by atoms with Gasteiger partial charge in [0.05, 0.1) is 11.0 Å². The molecule has 2 amide bonds. The Hall–Kier alpha value is -4.19. The van der Waals surface area contributed by atoms with Gasteiger partial charge in [-0.15, -0.1) is 12.4 Å². The first-order valence-corrected chi connectivity index (χ1v) is 15.8. The maximum Gasteiger partial charge on any atom is 0.323 e. The first-order chi connectivity index (χ1) is 21.8. The normalized spacial score (nSPS) is 19.4. The molecule has 6 rings (SSSR count). The van der Waals surface area contributed by atoms with Gasteiger partial charge in [-0.05, 0) is 92.2 Å². The molecule has 6 N–H and O–H groups in total. The third kappa shape index (κ3) is 7.27. The summed E-state index contributed by atoms with van der Waals surface area (Å²) in [5, 5.41) is 0. The van der Waals surface area contributed by atoms with E-state index in [-0.39, 0.29) is 36.3 Å². The molecule has 1 atom stereocenters. The van der Waals surface area contributed by atoms with Crippen LogP contribution in [-0.4, -0.2) is 77.5 Å². The van der Waals surface area contributed by atoms with Crippen LogP contribution in [0.25, 0.3) is 22.2 Å². The van der Waals surface area contributed by atoms with Crippen molar-refractivity contribution in [1.29, 1.82) is 0 Å². The lowest BCUT2D eigenvalue weighted by Crippen LogP contribution is -2.52. The van der Waals surface area contributed by atoms with E-state index < -0.39 is 11.9 Å². The SMILES string of the molecule is CN1CCN(c2cc(-c3cccc(C[C@@H](C(N)=O)N(c4ccc5[nH]c(=O)[nH]c5c4)C(=O)[C@H]4CC[C@H](CN)CC4)c3)ccn2)CC1.Cl. The van der Waals surface area contributed by atoms with Crippen molar-refractivity contribution in [2.75, 3.05) is 49.6 Å². The van der Waals surface area contributed by atoms with E-state index in [2.05, 4.69) is 43.9 Å². The number of aromatic amines is 2. The summed E-state index contributed by atoms with van der Waals surface area (Å²) in [6.07, 6.45) is 5.24. The number of aromatic nitrogens is 3. The predicted molar refractivity (Wildman–Crippen MR) is 184 cm³/mol. The Labute approximate surface area is 274 Å². The zero-order chi connectivity index (χ0) is 31.5. The Bertz CT molecular complexity index is 1720. The number of nitrogens with one attached hydrogen (secondary N) is 2. The van der Waals surface area contributed by atoms with Crippen molar-refractivity contribution in [2.45, 2.75) is 38.1 Å². The molecular formula is C34H43ClN8O3. The van der Waals surface area contributed by atoms with Crippen LogP contribution >= 0.6 is 12.4 Å². The number of fused-ring (bicyclic) bond motifs is 1. The molecule has 3 heterocycles. The summed E-state index contributed by atoms with van der Waals surface area (Å²) in [6, 6.07) is 16.4. The fourth-order valence-corrected chi connectivity index (χ4v) is 6.70. The van der Waals surface area contributed by atoms with Gasteiger partial charge < -0.3 is 31.2 Å². The van der Waals surface area contributed by atoms with Crippen LogP contribution in [0.1, 0.15) is 31.2 Å². The monoisotopic (exact) mass is 646 g/mol. The summed E-state index contributed by atoms with van der Waals surface area (Å²) < 4.78 is 0. The highest BCUT2D eigenvalue weighted by Gasteiger charge is 2.36. The van der Waals surface area contributed by atoms with Gasteiger partial charge in [-0.2, -0.15) is 0 Å². The molecule has 2 aliphatic rings.